The average molecular weight is 282 g/mol. The normalized spacial score (nSPS) is 23.8. The van der Waals surface area contributed by atoms with Crippen molar-refractivity contribution < 1.29 is 9.21 Å². The summed E-state index contributed by atoms with van der Waals surface area (Å²) in [6.45, 7) is 0.702. The fraction of sp³-hybridized carbons (Fsp3) is 0.412. The largest absolute Gasteiger partial charge is 0.469 e. The maximum absolute atomic E-state index is 12.8. The van der Waals surface area contributed by atoms with Crippen LogP contribution in [-0.2, 0) is 11.3 Å². The van der Waals surface area contributed by atoms with Gasteiger partial charge in [-0.3, -0.25) is 9.78 Å². The zero-order valence-electron chi connectivity index (χ0n) is 11.8. The first-order chi connectivity index (χ1) is 10.3. The molecule has 2 fully saturated rings. The molecule has 2 aromatic rings. The first kappa shape index (κ1) is 12.6. The van der Waals surface area contributed by atoms with Gasteiger partial charge in [-0.15, -0.1) is 0 Å². The summed E-state index contributed by atoms with van der Waals surface area (Å²) in [5.41, 5.74) is 1.15. The third-order valence-corrected chi connectivity index (χ3v) is 4.39. The highest BCUT2D eigenvalue weighted by Gasteiger charge is 2.49. The topological polar surface area (TPSA) is 46.3 Å². The zero-order valence-corrected chi connectivity index (χ0v) is 11.8. The standard InChI is InChI=1S/C17H18N2O2/c20-17(15-10-14(15)16-2-1-9-21-16)19(13-3-4-13)11-12-5-7-18-8-6-12/h1-2,5-9,13-15H,3-4,10-11H2. The minimum absolute atomic E-state index is 0.110. The minimum atomic E-state index is 0.110. The number of aromatic nitrogens is 1. The van der Waals surface area contributed by atoms with Crippen LogP contribution in [0.3, 0.4) is 0 Å². The van der Waals surface area contributed by atoms with E-state index in [9.17, 15) is 4.79 Å². The van der Waals surface area contributed by atoms with Crippen LogP contribution in [0.1, 0.15) is 36.5 Å². The number of amides is 1. The molecule has 4 nitrogen and oxygen atoms in total. The molecule has 1 amide bonds. The number of hydrogen-bond acceptors (Lipinski definition) is 3. The summed E-state index contributed by atoms with van der Waals surface area (Å²) in [6.07, 6.45) is 8.45. The van der Waals surface area contributed by atoms with E-state index in [-0.39, 0.29) is 17.7 Å². The van der Waals surface area contributed by atoms with Crippen LogP contribution < -0.4 is 0 Å². The Morgan fingerprint density at radius 2 is 2.10 bits per heavy atom. The highest BCUT2D eigenvalue weighted by molar-refractivity contribution is 5.83. The lowest BCUT2D eigenvalue weighted by atomic mass is 10.2. The fourth-order valence-corrected chi connectivity index (χ4v) is 2.96. The molecule has 0 N–H and O–H groups in total. The van der Waals surface area contributed by atoms with E-state index in [1.165, 1.54) is 0 Å². The average Bonchev–Trinajstić information content (AvgIpc) is 3.44. The molecule has 2 aliphatic carbocycles. The summed E-state index contributed by atoms with van der Waals surface area (Å²) in [5.74, 6) is 1.63. The van der Waals surface area contributed by atoms with Crippen molar-refractivity contribution in [2.24, 2.45) is 5.92 Å². The molecule has 2 atom stereocenters. The van der Waals surface area contributed by atoms with Gasteiger partial charge < -0.3 is 9.32 Å². The van der Waals surface area contributed by atoms with E-state index in [1.807, 2.05) is 24.3 Å². The van der Waals surface area contributed by atoms with E-state index in [0.29, 0.717) is 12.6 Å². The molecule has 0 aliphatic heterocycles. The van der Waals surface area contributed by atoms with Gasteiger partial charge in [0.15, 0.2) is 0 Å². The Morgan fingerprint density at radius 3 is 2.76 bits per heavy atom. The van der Waals surface area contributed by atoms with Crippen molar-refractivity contribution in [3.63, 3.8) is 0 Å². The van der Waals surface area contributed by atoms with Crippen molar-refractivity contribution >= 4 is 5.91 Å². The number of nitrogens with zero attached hydrogens (tertiary/aromatic N) is 2. The van der Waals surface area contributed by atoms with Crippen LogP contribution in [0.15, 0.2) is 47.3 Å². The van der Waals surface area contributed by atoms with E-state index >= 15 is 0 Å². The number of carbonyl (C=O) groups excluding carboxylic acids is 1. The maximum atomic E-state index is 12.8. The van der Waals surface area contributed by atoms with Crippen LogP contribution in [0.25, 0.3) is 0 Å². The van der Waals surface area contributed by atoms with E-state index in [2.05, 4.69) is 9.88 Å². The summed E-state index contributed by atoms with van der Waals surface area (Å²) in [5, 5.41) is 0. The van der Waals surface area contributed by atoms with Crippen molar-refractivity contribution in [1.82, 2.24) is 9.88 Å². The molecule has 4 heteroatoms. The Kier molecular flexibility index (Phi) is 3.02. The number of carbonyl (C=O) groups is 1. The second-order valence-electron chi connectivity index (χ2n) is 6.02. The van der Waals surface area contributed by atoms with Gasteiger partial charge in [0.2, 0.25) is 5.91 Å². The fourth-order valence-electron chi connectivity index (χ4n) is 2.96. The van der Waals surface area contributed by atoms with Gasteiger partial charge >= 0.3 is 0 Å². The summed E-state index contributed by atoms with van der Waals surface area (Å²) in [7, 11) is 0. The lowest BCUT2D eigenvalue weighted by Crippen LogP contribution is -2.34. The SMILES string of the molecule is O=C(C1CC1c1ccco1)N(Cc1ccncc1)C1CC1. The molecule has 2 aliphatic rings. The van der Waals surface area contributed by atoms with Crippen LogP contribution in [0.2, 0.25) is 0 Å². The van der Waals surface area contributed by atoms with E-state index in [1.54, 1.807) is 18.7 Å². The molecular formula is C17H18N2O2. The van der Waals surface area contributed by atoms with E-state index in [4.69, 9.17) is 4.42 Å². The Hall–Kier alpha value is -2.10. The molecule has 0 aromatic carbocycles. The number of pyridine rings is 1. The van der Waals surface area contributed by atoms with Gasteiger partial charge in [0.1, 0.15) is 5.76 Å². The van der Waals surface area contributed by atoms with Gasteiger partial charge in [-0.1, -0.05) is 0 Å². The van der Waals surface area contributed by atoms with Crippen LogP contribution in [0, 0.1) is 5.92 Å². The van der Waals surface area contributed by atoms with Crippen LogP contribution in [0.5, 0.6) is 0 Å². The summed E-state index contributed by atoms with van der Waals surface area (Å²) in [4.78, 5) is 18.9. The highest BCUT2D eigenvalue weighted by Crippen LogP contribution is 2.49. The molecule has 0 radical (unpaired) electrons. The molecular weight excluding hydrogens is 264 g/mol. The van der Waals surface area contributed by atoms with Crippen molar-refractivity contribution in [3.8, 4) is 0 Å². The maximum Gasteiger partial charge on any atom is 0.226 e. The van der Waals surface area contributed by atoms with Gasteiger partial charge in [-0.05, 0) is 49.1 Å². The van der Waals surface area contributed by atoms with Crippen molar-refractivity contribution in [2.45, 2.75) is 37.8 Å². The molecule has 0 bridgehead atoms. The summed E-state index contributed by atoms with van der Waals surface area (Å²) in [6, 6.07) is 8.27. The van der Waals surface area contributed by atoms with Gasteiger partial charge in [0.25, 0.3) is 0 Å². The first-order valence-electron chi connectivity index (χ1n) is 7.55. The molecule has 2 aromatic heterocycles. The minimum Gasteiger partial charge on any atom is -0.469 e. The van der Waals surface area contributed by atoms with Gasteiger partial charge in [-0.2, -0.15) is 0 Å². The zero-order chi connectivity index (χ0) is 14.2. The molecule has 2 unspecified atom stereocenters. The van der Waals surface area contributed by atoms with Gasteiger partial charge in [0.05, 0.1) is 6.26 Å². The van der Waals surface area contributed by atoms with Crippen LogP contribution in [0.4, 0.5) is 0 Å². The Labute approximate surface area is 123 Å². The quantitative estimate of drug-likeness (QED) is 0.847. The lowest BCUT2D eigenvalue weighted by Gasteiger charge is -2.22. The van der Waals surface area contributed by atoms with Gasteiger partial charge in [0, 0.05) is 36.8 Å². The first-order valence-corrected chi connectivity index (χ1v) is 7.55. The predicted molar refractivity (Wildman–Crippen MR) is 77.4 cm³/mol. The molecule has 108 valence electrons. The van der Waals surface area contributed by atoms with Crippen LogP contribution in [-0.4, -0.2) is 21.8 Å². The molecule has 0 spiro atoms. The summed E-state index contributed by atoms with van der Waals surface area (Å²) < 4.78 is 5.43. The Morgan fingerprint density at radius 1 is 1.29 bits per heavy atom. The van der Waals surface area contributed by atoms with E-state index in [0.717, 1.165) is 30.6 Å². The smallest absolute Gasteiger partial charge is 0.226 e. The number of hydrogen-bond donors (Lipinski definition) is 0. The third kappa shape index (κ3) is 2.58. The van der Waals surface area contributed by atoms with E-state index < -0.39 is 0 Å². The molecule has 2 saturated carbocycles. The third-order valence-electron chi connectivity index (χ3n) is 4.39. The monoisotopic (exact) mass is 282 g/mol. The summed E-state index contributed by atoms with van der Waals surface area (Å²) >= 11 is 0. The number of rotatable bonds is 5. The highest BCUT2D eigenvalue weighted by atomic mass is 16.3. The molecule has 4 rings (SSSR count). The second-order valence-corrected chi connectivity index (χ2v) is 6.02. The Bertz CT molecular complexity index is 620. The molecule has 0 saturated heterocycles. The second kappa shape index (κ2) is 5.02. The Balaban J connectivity index is 1.46. The molecule has 21 heavy (non-hydrogen) atoms. The van der Waals surface area contributed by atoms with Crippen molar-refractivity contribution in [3.05, 3.63) is 54.2 Å². The lowest BCUT2D eigenvalue weighted by molar-refractivity contribution is -0.134. The number of furan rings is 1. The van der Waals surface area contributed by atoms with Gasteiger partial charge in [-0.25, -0.2) is 0 Å². The predicted octanol–water partition coefficient (Wildman–Crippen LogP) is 2.97. The van der Waals surface area contributed by atoms with Crippen molar-refractivity contribution in [2.75, 3.05) is 0 Å². The van der Waals surface area contributed by atoms with Crippen molar-refractivity contribution in [1.29, 1.82) is 0 Å². The molecule has 2 heterocycles. The van der Waals surface area contributed by atoms with Crippen LogP contribution >= 0.6 is 0 Å².